The minimum absolute atomic E-state index is 0.0311. The van der Waals surface area contributed by atoms with E-state index in [1.807, 2.05) is 32.0 Å². The van der Waals surface area contributed by atoms with E-state index in [4.69, 9.17) is 13.3 Å². The number of rotatable bonds is 15. The van der Waals surface area contributed by atoms with Crippen molar-refractivity contribution < 1.29 is 32.5 Å². The number of unbranched alkanes of at least 4 members (excludes halogenated alkanes) is 2. The highest BCUT2D eigenvalue weighted by Gasteiger charge is 2.62. The van der Waals surface area contributed by atoms with Crippen LogP contribution in [-0.4, -0.2) is 108 Å². The van der Waals surface area contributed by atoms with Gasteiger partial charge < -0.3 is 24.4 Å². The molecule has 13 heteroatoms. The van der Waals surface area contributed by atoms with Crippen molar-refractivity contribution in [2.45, 2.75) is 122 Å². The third-order valence-electron chi connectivity index (χ3n) is 10.5. The van der Waals surface area contributed by atoms with Crippen molar-refractivity contribution in [2.24, 2.45) is 0 Å². The number of hydrogen-bond donors (Lipinski definition) is 1. The van der Waals surface area contributed by atoms with Crippen LogP contribution in [0.5, 0.6) is 0 Å². The first kappa shape index (κ1) is 39.5. The maximum atomic E-state index is 13.8. The van der Waals surface area contributed by atoms with Gasteiger partial charge in [0.05, 0.1) is 0 Å². The molecule has 0 spiro atoms. The van der Waals surface area contributed by atoms with Gasteiger partial charge in [-0.3, -0.25) is 28.1 Å². The van der Waals surface area contributed by atoms with Crippen LogP contribution in [-0.2, 0) is 27.7 Å². The van der Waals surface area contributed by atoms with Crippen LogP contribution < -0.4 is 5.32 Å². The Kier molecular flexibility index (Phi) is 15.4. The fraction of sp³-hybridized carbons (Fsp3) is 0.714. The first-order valence-electron chi connectivity index (χ1n) is 17.8. The number of likely N-dealkylation sites (tertiary alicyclic amines) is 2. The largest absolute Gasteiger partial charge is 0.549 e. The van der Waals surface area contributed by atoms with Gasteiger partial charge in [0.25, 0.3) is 5.91 Å². The molecule has 4 atom stereocenters. The van der Waals surface area contributed by atoms with Crippen LogP contribution in [0.25, 0.3) is 0 Å². The molecule has 266 valence electrons. The molecule has 0 aliphatic carbocycles. The molecular weight excluding hydrogens is 645 g/mol. The van der Waals surface area contributed by atoms with Gasteiger partial charge in [-0.15, -0.1) is 0 Å². The Labute approximate surface area is 289 Å². The molecular formula is C35H56N4O7Si2. The maximum Gasteiger partial charge on any atom is 0.549 e. The maximum absolute atomic E-state index is 13.8. The van der Waals surface area contributed by atoms with E-state index in [9.17, 15) is 19.2 Å². The zero-order valence-electron chi connectivity index (χ0n) is 29.8. The molecule has 2 unspecified atom stereocenters. The third-order valence-corrected chi connectivity index (χ3v) is 16.2. The molecule has 1 aromatic rings. The van der Waals surface area contributed by atoms with E-state index in [2.05, 4.69) is 26.1 Å². The Hall–Kier alpha value is -2.91. The quantitative estimate of drug-likeness (QED) is 0.209. The summed E-state index contributed by atoms with van der Waals surface area (Å²) in [6.45, 7) is 13.8. The molecule has 0 radical (unpaired) electrons. The lowest BCUT2D eigenvalue weighted by Gasteiger charge is -2.32. The topological polar surface area (TPSA) is 133 Å². The van der Waals surface area contributed by atoms with Gasteiger partial charge >= 0.3 is 9.29 Å². The molecule has 4 rings (SSSR count). The number of likely N-dealkylation sites (N-methyl/N-ethyl adjacent to an activating group) is 1. The van der Waals surface area contributed by atoms with Crippen LogP contribution in [0, 0.1) is 13.8 Å². The number of nitrogens with one attached hydrogen (secondary N) is 1. The van der Waals surface area contributed by atoms with Crippen molar-refractivity contribution in [3.8, 4) is 0 Å². The summed E-state index contributed by atoms with van der Waals surface area (Å²) >= 11 is 0. The zero-order chi connectivity index (χ0) is 35.4. The Morgan fingerprint density at radius 2 is 1.52 bits per heavy atom. The molecule has 3 aliphatic rings. The average Bonchev–Trinajstić information content (AvgIpc) is 3.53. The summed E-state index contributed by atoms with van der Waals surface area (Å²) in [4.78, 5) is 58.1. The standard InChI is InChI=1S/C35H56N4O5Si.O2Si/c1-7-44-45(27(4)28(45)5)21-13-17-36-32(40)16-9-8-10-18-37(6)34(42)30-14-11-20-39(30)35(43)31-15-12-19-38(31)33(41)29-23-25(2)22-26(3)24-29;1-3-2/h22-24,27-28,30-31H,7-21H2,1-6H3,(H,36,40);/t27?,28?,30-,31-,45?;/m0./s1. The first-order valence-corrected chi connectivity index (χ1v) is 20.8. The Balaban J connectivity index is 0.00000201. The first-order chi connectivity index (χ1) is 22.9. The summed E-state index contributed by atoms with van der Waals surface area (Å²) in [7, 11) is -1.17. The van der Waals surface area contributed by atoms with Gasteiger partial charge in [0, 0.05) is 51.8 Å². The number of carbonyl (C=O) groups excluding carboxylic acids is 4. The van der Waals surface area contributed by atoms with Gasteiger partial charge in [0.2, 0.25) is 17.7 Å². The molecule has 0 bridgehead atoms. The second kappa shape index (κ2) is 18.7. The molecule has 1 N–H and O–H groups in total. The van der Waals surface area contributed by atoms with Gasteiger partial charge in [0.15, 0.2) is 8.32 Å². The van der Waals surface area contributed by atoms with Gasteiger partial charge in [-0.2, -0.15) is 0 Å². The van der Waals surface area contributed by atoms with E-state index < -0.39 is 29.7 Å². The highest BCUT2D eigenvalue weighted by atomic mass is 28.4. The average molecular weight is 701 g/mol. The molecule has 11 nitrogen and oxygen atoms in total. The summed E-state index contributed by atoms with van der Waals surface area (Å²) in [5, 5.41) is 3.07. The summed E-state index contributed by atoms with van der Waals surface area (Å²) in [6.07, 6.45) is 6.81. The number of benzene rings is 1. The summed E-state index contributed by atoms with van der Waals surface area (Å²) in [5.41, 5.74) is 4.11. The number of aryl methyl sites for hydroxylation is 2. The minimum atomic E-state index is -1.56. The van der Waals surface area contributed by atoms with E-state index in [1.165, 1.54) is 0 Å². The predicted octanol–water partition coefficient (Wildman–Crippen LogP) is 4.58. The molecule has 4 amide bonds. The van der Waals surface area contributed by atoms with Gasteiger partial charge in [-0.1, -0.05) is 37.5 Å². The molecule has 3 heterocycles. The molecule has 1 aromatic carbocycles. The molecule has 3 saturated heterocycles. The van der Waals surface area contributed by atoms with Crippen molar-refractivity contribution in [3.63, 3.8) is 0 Å². The fourth-order valence-corrected chi connectivity index (χ4v) is 12.8. The molecule has 3 aliphatic heterocycles. The lowest BCUT2D eigenvalue weighted by atomic mass is 10.1. The van der Waals surface area contributed by atoms with E-state index in [-0.39, 0.29) is 23.6 Å². The minimum Gasteiger partial charge on any atom is -0.417 e. The SMILES string of the molecule is CCO[Si]1(CCCNC(=O)CCCCCN(C)C(=O)[C@@H]2CCCN2C(=O)[C@@H]2CCCN2C(=O)c2cc(C)cc(C)c2)C(C)C1C.O=[Si]=O. The van der Waals surface area contributed by atoms with Crippen LogP contribution >= 0.6 is 0 Å². The summed E-state index contributed by atoms with van der Waals surface area (Å²) < 4.78 is 23.0. The van der Waals surface area contributed by atoms with Crippen LogP contribution in [0.3, 0.4) is 0 Å². The number of carbonyl (C=O) groups is 4. The van der Waals surface area contributed by atoms with Crippen molar-refractivity contribution in [2.75, 3.05) is 39.8 Å². The van der Waals surface area contributed by atoms with Gasteiger partial charge in [-0.25, -0.2) is 0 Å². The van der Waals surface area contributed by atoms with E-state index in [1.54, 1.807) is 21.7 Å². The van der Waals surface area contributed by atoms with Gasteiger partial charge in [-0.05, 0) is 95.0 Å². The number of nitrogens with zero attached hydrogens (tertiary/aromatic N) is 3. The molecule has 3 fully saturated rings. The second-order valence-electron chi connectivity index (χ2n) is 13.8. The second-order valence-corrected chi connectivity index (χ2v) is 18.5. The molecule has 0 saturated carbocycles. The Morgan fingerprint density at radius 3 is 2.12 bits per heavy atom. The highest BCUT2D eigenvalue weighted by molar-refractivity contribution is 6.87. The molecule has 48 heavy (non-hydrogen) atoms. The van der Waals surface area contributed by atoms with E-state index in [0.29, 0.717) is 51.0 Å². The van der Waals surface area contributed by atoms with Crippen LogP contribution in [0.15, 0.2) is 18.2 Å². The van der Waals surface area contributed by atoms with Crippen molar-refractivity contribution in [1.82, 2.24) is 20.0 Å². The van der Waals surface area contributed by atoms with Crippen LogP contribution in [0.2, 0.25) is 17.1 Å². The highest BCUT2D eigenvalue weighted by Crippen LogP contribution is 2.61. The summed E-state index contributed by atoms with van der Waals surface area (Å²) in [5.74, 6) is -0.140. The van der Waals surface area contributed by atoms with Crippen molar-refractivity contribution in [1.29, 1.82) is 0 Å². The van der Waals surface area contributed by atoms with E-state index >= 15 is 0 Å². The Morgan fingerprint density at radius 1 is 0.917 bits per heavy atom. The van der Waals surface area contributed by atoms with Crippen molar-refractivity contribution >= 4 is 41.2 Å². The normalized spacial score (nSPS) is 24.4. The monoisotopic (exact) mass is 700 g/mol. The predicted molar refractivity (Wildman–Crippen MR) is 187 cm³/mol. The zero-order valence-corrected chi connectivity index (χ0v) is 31.8. The van der Waals surface area contributed by atoms with E-state index in [0.717, 1.165) is 73.4 Å². The third kappa shape index (κ3) is 10.1. The van der Waals surface area contributed by atoms with Crippen LogP contribution in [0.4, 0.5) is 0 Å². The fourth-order valence-electron chi connectivity index (χ4n) is 7.75. The Bertz CT molecular complexity index is 1290. The van der Waals surface area contributed by atoms with Gasteiger partial charge in [0.1, 0.15) is 12.1 Å². The summed E-state index contributed by atoms with van der Waals surface area (Å²) in [6, 6.07) is 5.94. The van der Waals surface area contributed by atoms with Crippen LogP contribution in [0.1, 0.15) is 100 Å². The van der Waals surface area contributed by atoms with Crippen molar-refractivity contribution in [3.05, 3.63) is 34.9 Å². The number of hydrogen-bond acceptors (Lipinski definition) is 7. The lowest BCUT2D eigenvalue weighted by Crippen LogP contribution is -2.53. The number of amides is 4. The molecule has 0 aromatic heterocycles. The lowest BCUT2D eigenvalue weighted by molar-refractivity contribution is -0.145. The smallest absolute Gasteiger partial charge is 0.417 e.